The van der Waals surface area contributed by atoms with E-state index < -0.39 is 0 Å². The van der Waals surface area contributed by atoms with Crippen molar-refractivity contribution in [3.8, 4) is 17.0 Å². The quantitative estimate of drug-likeness (QED) is 0.441. The molecular weight excluding hydrogens is 431 g/mol. The summed E-state index contributed by atoms with van der Waals surface area (Å²) < 4.78 is 19.9. The van der Waals surface area contributed by atoms with Gasteiger partial charge in [-0.1, -0.05) is 0 Å². The molecular formula is C22H21FN6O2S. The topological polar surface area (TPSA) is 106 Å². The first-order valence-corrected chi connectivity index (χ1v) is 10.6. The molecule has 164 valence electrons. The molecule has 0 saturated carbocycles. The Morgan fingerprint density at radius 3 is 2.69 bits per heavy atom. The zero-order valence-corrected chi connectivity index (χ0v) is 18.3. The van der Waals surface area contributed by atoms with Crippen LogP contribution in [0, 0.1) is 5.82 Å². The predicted octanol–water partition coefficient (Wildman–Crippen LogP) is 3.67. The van der Waals surface area contributed by atoms with Crippen molar-refractivity contribution in [2.45, 2.75) is 0 Å². The molecule has 0 radical (unpaired) electrons. The molecule has 32 heavy (non-hydrogen) atoms. The van der Waals surface area contributed by atoms with Crippen LogP contribution in [-0.4, -0.2) is 53.0 Å². The first-order chi connectivity index (χ1) is 15.4. The lowest BCUT2D eigenvalue weighted by Gasteiger charge is -2.12. The van der Waals surface area contributed by atoms with Gasteiger partial charge in [-0.2, -0.15) is 0 Å². The summed E-state index contributed by atoms with van der Waals surface area (Å²) in [6.07, 6.45) is 1.59. The maximum atomic E-state index is 13.1. The third-order valence-electron chi connectivity index (χ3n) is 4.52. The number of likely N-dealkylation sites (N-methyl/N-ethyl adjacent to an activating group) is 1. The molecule has 4 aromatic rings. The van der Waals surface area contributed by atoms with Gasteiger partial charge in [0, 0.05) is 24.0 Å². The Bertz CT molecular complexity index is 1260. The number of thiazole rings is 1. The number of carbonyl (C=O) groups excluding carboxylic acids is 1. The number of carbonyl (C=O) groups is 1. The monoisotopic (exact) mass is 452 g/mol. The number of hydrogen-bond acceptors (Lipinski definition) is 8. The number of hydrogen-bond donors (Lipinski definition) is 2. The Balaban J connectivity index is 1.70. The number of anilines is 2. The van der Waals surface area contributed by atoms with E-state index in [-0.39, 0.29) is 22.7 Å². The number of nitrogens with two attached hydrogens (primary N) is 1. The average molecular weight is 453 g/mol. The number of nitrogen functional groups attached to an aromatic ring is 1. The molecule has 0 aliphatic carbocycles. The van der Waals surface area contributed by atoms with Gasteiger partial charge in [-0.25, -0.2) is 19.3 Å². The molecule has 2 aromatic carbocycles. The van der Waals surface area contributed by atoms with E-state index in [2.05, 4.69) is 20.3 Å². The molecule has 0 atom stereocenters. The van der Waals surface area contributed by atoms with Crippen LogP contribution in [0.3, 0.4) is 0 Å². The first kappa shape index (κ1) is 21.6. The summed E-state index contributed by atoms with van der Waals surface area (Å²) in [5, 5.41) is 3.00. The van der Waals surface area contributed by atoms with Crippen LogP contribution in [0.1, 0.15) is 9.80 Å². The van der Waals surface area contributed by atoms with Gasteiger partial charge in [0.15, 0.2) is 5.01 Å². The van der Waals surface area contributed by atoms with E-state index in [0.29, 0.717) is 35.8 Å². The first-order valence-electron chi connectivity index (χ1n) is 9.77. The molecule has 3 N–H and O–H groups in total. The van der Waals surface area contributed by atoms with Gasteiger partial charge in [-0.15, -0.1) is 11.3 Å². The SMILES string of the molecule is CN(C)CCOc1cc(-c2ccnc(N)n2)cc2sc(C(=O)Nc3ccc(F)cc3)nc12. The van der Waals surface area contributed by atoms with Crippen LogP contribution in [0.5, 0.6) is 5.75 Å². The van der Waals surface area contributed by atoms with E-state index in [1.54, 1.807) is 12.3 Å². The molecule has 10 heteroatoms. The Labute approximate surface area is 187 Å². The van der Waals surface area contributed by atoms with E-state index >= 15 is 0 Å². The van der Waals surface area contributed by atoms with Crippen LogP contribution in [-0.2, 0) is 0 Å². The minimum Gasteiger partial charge on any atom is -0.490 e. The summed E-state index contributed by atoms with van der Waals surface area (Å²) in [5.74, 6) is -0.0415. The number of ether oxygens (including phenoxy) is 1. The molecule has 0 bridgehead atoms. The maximum absolute atomic E-state index is 13.1. The van der Waals surface area contributed by atoms with Gasteiger partial charge >= 0.3 is 0 Å². The molecule has 0 aliphatic rings. The fourth-order valence-corrected chi connectivity index (χ4v) is 3.86. The summed E-state index contributed by atoms with van der Waals surface area (Å²) >= 11 is 1.23. The highest BCUT2D eigenvalue weighted by molar-refractivity contribution is 7.20. The van der Waals surface area contributed by atoms with Gasteiger partial charge in [0.25, 0.3) is 5.91 Å². The van der Waals surface area contributed by atoms with E-state index in [1.165, 1.54) is 35.6 Å². The number of nitrogens with zero attached hydrogens (tertiary/aromatic N) is 4. The Morgan fingerprint density at radius 1 is 1.19 bits per heavy atom. The van der Waals surface area contributed by atoms with E-state index in [9.17, 15) is 9.18 Å². The molecule has 8 nitrogen and oxygen atoms in total. The third kappa shape index (κ3) is 4.98. The van der Waals surface area contributed by atoms with Crippen molar-refractivity contribution in [2.24, 2.45) is 0 Å². The van der Waals surface area contributed by atoms with Crippen LogP contribution in [0.15, 0.2) is 48.7 Å². The Morgan fingerprint density at radius 2 is 1.97 bits per heavy atom. The minimum absolute atomic E-state index is 0.168. The smallest absolute Gasteiger partial charge is 0.284 e. The van der Waals surface area contributed by atoms with Gasteiger partial charge in [-0.05, 0) is 56.6 Å². The van der Waals surface area contributed by atoms with Gasteiger partial charge in [0.05, 0.1) is 10.4 Å². The molecule has 0 aliphatic heterocycles. The summed E-state index contributed by atoms with van der Waals surface area (Å²) in [6, 6.07) is 11.0. The lowest BCUT2D eigenvalue weighted by molar-refractivity contribution is 0.102. The number of rotatable bonds is 7. The third-order valence-corrected chi connectivity index (χ3v) is 5.52. The molecule has 4 rings (SSSR count). The second kappa shape index (κ2) is 9.25. The summed E-state index contributed by atoms with van der Waals surface area (Å²) in [5.41, 5.74) is 8.23. The highest BCUT2D eigenvalue weighted by Gasteiger charge is 2.18. The highest BCUT2D eigenvalue weighted by atomic mass is 32.1. The molecule has 2 aromatic heterocycles. The van der Waals surface area contributed by atoms with Crippen LogP contribution in [0.4, 0.5) is 16.0 Å². The lowest BCUT2D eigenvalue weighted by atomic mass is 10.1. The molecule has 0 spiro atoms. The average Bonchev–Trinajstić information content (AvgIpc) is 3.20. The fourth-order valence-electron chi connectivity index (χ4n) is 2.94. The number of nitrogens with one attached hydrogen (secondary N) is 1. The van der Waals surface area contributed by atoms with Crippen LogP contribution in [0.25, 0.3) is 21.5 Å². The summed E-state index contributed by atoms with van der Waals surface area (Å²) in [4.78, 5) is 27.5. The molecule has 2 heterocycles. The van der Waals surface area contributed by atoms with Gasteiger partial charge < -0.3 is 20.7 Å². The van der Waals surface area contributed by atoms with Crippen LogP contribution >= 0.6 is 11.3 Å². The van der Waals surface area contributed by atoms with Crippen molar-refractivity contribution < 1.29 is 13.9 Å². The van der Waals surface area contributed by atoms with Gasteiger partial charge in [-0.3, -0.25) is 4.79 Å². The van der Waals surface area contributed by atoms with Crippen molar-refractivity contribution in [3.63, 3.8) is 0 Å². The van der Waals surface area contributed by atoms with E-state index in [0.717, 1.165) is 10.3 Å². The number of aromatic nitrogens is 3. The van der Waals surface area contributed by atoms with Gasteiger partial charge in [0.2, 0.25) is 5.95 Å². The molecule has 0 saturated heterocycles. The number of halogens is 1. The standard InChI is InChI=1S/C22H21FN6O2S/c1-29(2)9-10-31-17-11-13(16-7-8-25-22(24)27-16)12-18-19(17)28-21(32-18)20(30)26-15-5-3-14(23)4-6-15/h3-8,11-12H,9-10H2,1-2H3,(H,26,30)(H2,24,25,27). The van der Waals surface area contributed by atoms with Crippen molar-refractivity contribution in [1.29, 1.82) is 0 Å². The molecule has 0 fully saturated rings. The van der Waals surface area contributed by atoms with Crippen LogP contribution < -0.4 is 15.8 Å². The van der Waals surface area contributed by atoms with E-state index in [4.69, 9.17) is 10.5 Å². The zero-order chi connectivity index (χ0) is 22.7. The van der Waals surface area contributed by atoms with Gasteiger partial charge in [0.1, 0.15) is 23.7 Å². The van der Waals surface area contributed by atoms with Crippen molar-refractivity contribution in [2.75, 3.05) is 38.3 Å². The van der Waals surface area contributed by atoms with Crippen LogP contribution in [0.2, 0.25) is 0 Å². The maximum Gasteiger partial charge on any atom is 0.284 e. The zero-order valence-electron chi connectivity index (χ0n) is 17.5. The fraction of sp³-hybridized carbons (Fsp3) is 0.182. The minimum atomic E-state index is -0.384. The molecule has 1 amide bonds. The largest absolute Gasteiger partial charge is 0.490 e. The number of amides is 1. The highest BCUT2D eigenvalue weighted by Crippen LogP contribution is 2.35. The van der Waals surface area contributed by atoms with E-state index in [1.807, 2.05) is 31.1 Å². The predicted molar refractivity (Wildman–Crippen MR) is 123 cm³/mol. The Kier molecular flexibility index (Phi) is 6.24. The van der Waals surface area contributed by atoms with Crippen molar-refractivity contribution >= 4 is 39.1 Å². The summed E-state index contributed by atoms with van der Waals surface area (Å²) in [7, 11) is 3.92. The van der Waals surface area contributed by atoms with Crippen molar-refractivity contribution in [1.82, 2.24) is 19.9 Å². The number of benzene rings is 2. The lowest BCUT2D eigenvalue weighted by Crippen LogP contribution is -2.19. The second-order valence-electron chi connectivity index (χ2n) is 7.25. The Hall–Kier alpha value is -3.63. The molecule has 0 unspecified atom stereocenters. The normalized spacial score (nSPS) is 11.1. The summed E-state index contributed by atoms with van der Waals surface area (Å²) in [6.45, 7) is 1.17. The van der Waals surface area contributed by atoms with Crippen molar-refractivity contribution in [3.05, 3.63) is 59.5 Å². The number of fused-ring (bicyclic) bond motifs is 1. The second-order valence-corrected chi connectivity index (χ2v) is 8.28.